The van der Waals surface area contributed by atoms with Gasteiger partial charge in [-0.3, -0.25) is 0 Å². The number of unbranched alkanes of at least 4 members (excludes halogenated alkanes) is 4. The maximum atomic E-state index is 9.46. The zero-order valence-electron chi connectivity index (χ0n) is 28.0. The molecule has 1 aliphatic heterocycles. The predicted molar refractivity (Wildman–Crippen MR) is 200 cm³/mol. The molecule has 4 N–H and O–H groups in total. The summed E-state index contributed by atoms with van der Waals surface area (Å²) < 4.78 is 13.4. The van der Waals surface area contributed by atoms with Gasteiger partial charge in [0.05, 0.1) is 24.3 Å². The van der Waals surface area contributed by atoms with Crippen LogP contribution >= 0.6 is 27.5 Å². The van der Waals surface area contributed by atoms with E-state index in [0.29, 0.717) is 36.1 Å². The Morgan fingerprint density at radius 3 is 2.58 bits per heavy atom. The number of rotatable bonds is 21. The molecule has 0 aromatic heterocycles. The maximum Gasteiger partial charge on any atom is 0.142 e. The second-order valence-electron chi connectivity index (χ2n) is 12.3. The van der Waals surface area contributed by atoms with Crippen molar-refractivity contribution >= 4 is 39.4 Å². The SMILES string of the molecule is CC(CO)NCc1cc(Cl)c(OCc2cccc(-c3cccc(NCCCCN4CCCC4)c3C=N)c2Br)cc1OCCCCCC#N. The molecule has 48 heavy (non-hydrogen) atoms. The largest absolute Gasteiger partial charge is 0.493 e. The molecule has 0 radical (unpaired) electrons. The van der Waals surface area contributed by atoms with Crippen molar-refractivity contribution in [2.24, 2.45) is 0 Å². The van der Waals surface area contributed by atoms with Gasteiger partial charge in [-0.25, -0.2) is 0 Å². The summed E-state index contributed by atoms with van der Waals surface area (Å²) in [4.78, 5) is 2.55. The van der Waals surface area contributed by atoms with Crippen LogP contribution in [0.2, 0.25) is 5.02 Å². The average molecular weight is 739 g/mol. The Bertz CT molecular complexity index is 1510. The van der Waals surface area contributed by atoms with Crippen LogP contribution in [0.15, 0.2) is 53.0 Å². The molecule has 1 heterocycles. The number of aliphatic hydroxyl groups is 1. The van der Waals surface area contributed by atoms with Crippen molar-refractivity contribution in [3.05, 3.63) is 74.7 Å². The number of anilines is 1. The van der Waals surface area contributed by atoms with Crippen molar-refractivity contribution in [3.63, 3.8) is 0 Å². The van der Waals surface area contributed by atoms with Crippen molar-refractivity contribution in [1.29, 1.82) is 10.7 Å². The summed E-state index contributed by atoms with van der Waals surface area (Å²) in [6, 6.07) is 18.0. The van der Waals surface area contributed by atoms with Gasteiger partial charge < -0.3 is 35.5 Å². The Morgan fingerprint density at radius 2 is 1.81 bits per heavy atom. The van der Waals surface area contributed by atoms with Gasteiger partial charge in [-0.15, -0.1) is 0 Å². The van der Waals surface area contributed by atoms with Gasteiger partial charge in [0.15, 0.2) is 0 Å². The molecule has 258 valence electrons. The number of benzene rings is 3. The number of nitrogens with one attached hydrogen (secondary N) is 3. The lowest BCUT2D eigenvalue weighted by Crippen LogP contribution is -2.28. The number of aliphatic hydroxyl groups excluding tert-OH is 1. The van der Waals surface area contributed by atoms with Crippen LogP contribution < -0.4 is 20.1 Å². The van der Waals surface area contributed by atoms with E-state index in [1.807, 2.05) is 43.3 Å². The third kappa shape index (κ3) is 11.2. The minimum Gasteiger partial charge on any atom is -0.493 e. The number of likely N-dealkylation sites (tertiary alicyclic amines) is 1. The fraction of sp³-hybridized carbons (Fsp3) is 0.474. The molecule has 1 atom stereocenters. The number of nitriles is 1. The molecule has 0 spiro atoms. The second-order valence-corrected chi connectivity index (χ2v) is 13.5. The quantitative estimate of drug-likeness (QED) is 0.0640. The molecule has 1 fully saturated rings. The van der Waals surface area contributed by atoms with Crippen molar-refractivity contribution < 1.29 is 14.6 Å². The van der Waals surface area contributed by atoms with Crippen LogP contribution in [0.4, 0.5) is 5.69 Å². The first-order valence-corrected chi connectivity index (χ1v) is 18.3. The minimum absolute atomic E-state index is 0.0268. The van der Waals surface area contributed by atoms with Gasteiger partial charge >= 0.3 is 0 Å². The van der Waals surface area contributed by atoms with E-state index in [9.17, 15) is 5.11 Å². The molecule has 8 nitrogen and oxygen atoms in total. The lowest BCUT2D eigenvalue weighted by atomic mass is 9.97. The first-order valence-electron chi connectivity index (χ1n) is 17.1. The first kappa shape index (κ1) is 37.7. The maximum absolute atomic E-state index is 9.46. The molecule has 4 rings (SSSR count). The zero-order valence-corrected chi connectivity index (χ0v) is 30.3. The second kappa shape index (κ2) is 20.4. The highest BCUT2D eigenvalue weighted by molar-refractivity contribution is 9.10. The molecule has 0 amide bonds. The molecule has 3 aromatic carbocycles. The summed E-state index contributed by atoms with van der Waals surface area (Å²) in [7, 11) is 0. The fourth-order valence-corrected chi connectivity index (χ4v) is 6.66. The molecule has 0 aliphatic carbocycles. The molecule has 1 unspecified atom stereocenters. The van der Waals surface area contributed by atoms with Gasteiger partial charge in [0.1, 0.15) is 18.1 Å². The summed E-state index contributed by atoms with van der Waals surface area (Å²) in [5.74, 6) is 1.19. The van der Waals surface area contributed by atoms with Crippen LogP contribution in [-0.2, 0) is 13.2 Å². The number of hydrogen-bond acceptors (Lipinski definition) is 8. The van der Waals surface area contributed by atoms with Crippen molar-refractivity contribution in [2.45, 2.75) is 77.5 Å². The van der Waals surface area contributed by atoms with E-state index < -0.39 is 0 Å². The van der Waals surface area contributed by atoms with E-state index in [1.165, 1.54) is 38.6 Å². The Hall–Kier alpha value is -3.13. The molecule has 1 aliphatic rings. The van der Waals surface area contributed by atoms with E-state index in [0.717, 1.165) is 76.8 Å². The molecule has 0 bridgehead atoms. The highest BCUT2D eigenvalue weighted by Gasteiger charge is 2.17. The summed E-state index contributed by atoms with van der Waals surface area (Å²) in [5.41, 5.74) is 5.60. The smallest absolute Gasteiger partial charge is 0.142 e. The average Bonchev–Trinajstić information content (AvgIpc) is 3.62. The lowest BCUT2D eigenvalue weighted by molar-refractivity contribution is 0.249. The van der Waals surface area contributed by atoms with Gasteiger partial charge in [-0.2, -0.15) is 5.26 Å². The fourth-order valence-electron chi connectivity index (χ4n) is 5.83. The third-order valence-electron chi connectivity index (χ3n) is 8.64. The topological polar surface area (TPSA) is 114 Å². The standard InChI is InChI=1S/C38H49BrClN5O3/c1-28(26-46)44-25-30-22-34(40)37(23-36(30)47-21-9-3-2-4-16-41)48-27-29-12-10-14-32(38(29)39)31-13-11-15-35(33(31)24-42)43-17-5-6-18-45-19-7-8-20-45/h10-15,22-24,28,42-44,46H,2-9,17-21,25-27H2,1H3. The first-order chi connectivity index (χ1) is 23.4. The van der Waals surface area contributed by atoms with Crippen LogP contribution in [0.3, 0.4) is 0 Å². The zero-order chi connectivity index (χ0) is 34.1. The summed E-state index contributed by atoms with van der Waals surface area (Å²) in [5, 5.41) is 33.9. The van der Waals surface area contributed by atoms with Crippen molar-refractivity contribution in [1.82, 2.24) is 10.2 Å². The minimum atomic E-state index is -0.0718. The van der Waals surface area contributed by atoms with Crippen LogP contribution in [-0.4, -0.2) is 61.7 Å². The van der Waals surface area contributed by atoms with Gasteiger partial charge in [-0.1, -0.05) is 41.9 Å². The highest BCUT2D eigenvalue weighted by atomic mass is 79.9. The lowest BCUT2D eigenvalue weighted by Gasteiger charge is -2.19. The Kier molecular flexibility index (Phi) is 16.0. The van der Waals surface area contributed by atoms with Gasteiger partial charge in [0.2, 0.25) is 0 Å². The Balaban J connectivity index is 1.45. The van der Waals surface area contributed by atoms with Crippen LogP contribution in [0.1, 0.15) is 75.0 Å². The Morgan fingerprint density at radius 1 is 1.02 bits per heavy atom. The molecular weight excluding hydrogens is 690 g/mol. The molecule has 1 saturated heterocycles. The van der Waals surface area contributed by atoms with Gasteiger partial charge in [0, 0.05) is 64.7 Å². The normalized spacial score (nSPS) is 13.6. The van der Waals surface area contributed by atoms with Crippen LogP contribution in [0, 0.1) is 16.7 Å². The summed E-state index contributed by atoms with van der Waals surface area (Å²) in [6.45, 7) is 7.72. The Labute approximate surface area is 299 Å². The van der Waals surface area contributed by atoms with Crippen molar-refractivity contribution in [2.75, 3.05) is 44.7 Å². The third-order valence-corrected chi connectivity index (χ3v) is 9.87. The highest BCUT2D eigenvalue weighted by Crippen LogP contribution is 2.37. The van der Waals surface area contributed by atoms with E-state index >= 15 is 0 Å². The number of nitrogens with zero attached hydrogens (tertiary/aromatic N) is 2. The van der Waals surface area contributed by atoms with Gasteiger partial charge in [-0.05, 0) is 111 Å². The monoisotopic (exact) mass is 737 g/mol. The van der Waals surface area contributed by atoms with Gasteiger partial charge in [0.25, 0.3) is 0 Å². The van der Waals surface area contributed by atoms with E-state index in [1.54, 1.807) is 0 Å². The van der Waals surface area contributed by atoms with Crippen LogP contribution in [0.25, 0.3) is 11.1 Å². The molecule has 3 aromatic rings. The molecule has 10 heteroatoms. The van der Waals surface area contributed by atoms with E-state index in [2.05, 4.69) is 49.7 Å². The van der Waals surface area contributed by atoms with E-state index in [4.69, 9.17) is 31.7 Å². The molecular formula is C38H49BrClN5O3. The number of ether oxygens (including phenoxy) is 2. The number of hydrogen-bond donors (Lipinski definition) is 4. The van der Waals surface area contributed by atoms with Crippen LogP contribution in [0.5, 0.6) is 11.5 Å². The summed E-state index contributed by atoms with van der Waals surface area (Å²) in [6.07, 6.45) is 9.50. The molecule has 0 saturated carbocycles. The number of halogens is 2. The van der Waals surface area contributed by atoms with E-state index in [-0.39, 0.29) is 19.3 Å². The van der Waals surface area contributed by atoms with Crippen molar-refractivity contribution in [3.8, 4) is 28.7 Å². The summed E-state index contributed by atoms with van der Waals surface area (Å²) >= 11 is 10.6. The predicted octanol–water partition coefficient (Wildman–Crippen LogP) is 8.57.